The number of anilines is 1. The minimum atomic E-state index is -0.981. The van der Waals surface area contributed by atoms with E-state index in [2.05, 4.69) is 10.3 Å². The van der Waals surface area contributed by atoms with Crippen molar-refractivity contribution < 1.29 is 14.6 Å². The third-order valence-electron chi connectivity index (χ3n) is 2.88. The molecule has 100 valence electrons. The molecule has 5 nitrogen and oxygen atoms in total. The number of rotatable bonds is 5. The molecular formula is C14H16N2O3. The second-order valence-corrected chi connectivity index (χ2v) is 4.27. The van der Waals surface area contributed by atoms with Gasteiger partial charge in [-0.3, -0.25) is 4.98 Å². The number of hydrogen-bond donors (Lipinski definition) is 2. The molecule has 1 atom stereocenters. The molecular weight excluding hydrogens is 244 g/mol. The van der Waals surface area contributed by atoms with Crippen molar-refractivity contribution in [2.24, 2.45) is 0 Å². The van der Waals surface area contributed by atoms with Crippen LogP contribution in [-0.2, 0) is 9.53 Å². The fourth-order valence-corrected chi connectivity index (χ4v) is 1.93. The van der Waals surface area contributed by atoms with E-state index >= 15 is 0 Å². The SMILES string of the molecule is COC(CNc1cc(C)nc2ccccc12)C(=O)O. The average Bonchev–Trinajstić information content (AvgIpc) is 2.38. The second-order valence-electron chi connectivity index (χ2n) is 4.27. The first kappa shape index (κ1) is 13.3. The summed E-state index contributed by atoms with van der Waals surface area (Å²) in [4.78, 5) is 15.3. The van der Waals surface area contributed by atoms with E-state index in [0.29, 0.717) is 0 Å². The Labute approximate surface area is 111 Å². The molecule has 0 bridgehead atoms. The van der Waals surface area contributed by atoms with E-state index < -0.39 is 12.1 Å². The molecule has 5 heteroatoms. The molecule has 2 N–H and O–H groups in total. The second kappa shape index (κ2) is 5.67. The van der Waals surface area contributed by atoms with Crippen LogP contribution in [0, 0.1) is 6.92 Å². The summed E-state index contributed by atoms with van der Waals surface area (Å²) >= 11 is 0. The number of carbonyl (C=O) groups is 1. The lowest BCUT2D eigenvalue weighted by atomic mass is 10.1. The minimum absolute atomic E-state index is 0.208. The summed E-state index contributed by atoms with van der Waals surface area (Å²) in [5.41, 5.74) is 2.63. The lowest BCUT2D eigenvalue weighted by molar-refractivity contribution is -0.147. The van der Waals surface area contributed by atoms with Crippen molar-refractivity contribution >= 4 is 22.6 Å². The summed E-state index contributed by atoms with van der Waals surface area (Å²) < 4.78 is 4.90. The number of pyridine rings is 1. The van der Waals surface area contributed by atoms with Crippen LogP contribution in [0.2, 0.25) is 0 Å². The highest BCUT2D eigenvalue weighted by molar-refractivity contribution is 5.91. The standard InChI is InChI=1S/C14H16N2O3/c1-9-7-12(15-8-13(19-2)14(17)18)10-5-3-4-6-11(10)16-9/h3-7,13H,8H2,1-2H3,(H,15,16)(H,17,18). The fraction of sp³-hybridized carbons (Fsp3) is 0.286. The Morgan fingerprint density at radius 2 is 2.21 bits per heavy atom. The Bertz CT molecular complexity index is 598. The van der Waals surface area contributed by atoms with E-state index in [9.17, 15) is 4.79 Å². The molecule has 0 spiro atoms. The molecule has 0 saturated carbocycles. The lowest BCUT2D eigenvalue weighted by Gasteiger charge is -2.14. The van der Waals surface area contributed by atoms with Crippen LogP contribution in [0.15, 0.2) is 30.3 Å². The summed E-state index contributed by atoms with van der Waals surface area (Å²) in [5, 5.41) is 13.0. The topological polar surface area (TPSA) is 71.5 Å². The first-order chi connectivity index (χ1) is 9.11. The number of nitrogens with one attached hydrogen (secondary N) is 1. The molecule has 0 aliphatic heterocycles. The molecule has 0 amide bonds. The predicted octanol–water partition coefficient (Wildman–Crippen LogP) is 2.05. The molecule has 0 aliphatic carbocycles. The number of benzene rings is 1. The lowest BCUT2D eigenvalue weighted by Crippen LogP contribution is -2.30. The van der Waals surface area contributed by atoms with Crippen LogP contribution in [0.5, 0.6) is 0 Å². The van der Waals surface area contributed by atoms with E-state index in [1.54, 1.807) is 0 Å². The molecule has 2 aromatic rings. The number of aromatic nitrogens is 1. The van der Waals surface area contributed by atoms with Crippen molar-refractivity contribution in [2.45, 2.75) is 13.0 Å². The van der Waals surface area contributed by atoms with Crippen LogP contribution < -0.4 is 5.32 Å². The Morgan fingerprint density at radius 1 is 1.47 bits per heavy atom. The molecule has 1 aromatic carbocycles. The van der Waals surface area contributed by atoms with E-state index in [1.807, 2.05) is 37.3 Å². The minimum Gasteiger partial charge on any atom is -0.479 e. The maximum absolute atomic E-state index is 10.9. The molecule has 0 radical (unpaired) electrons. The molecule has 1 heterocycles. The van der Waals surface area contributed by atoms with Crippen molar-refractivity contribution in [1.29, 1.82) is 0 Å². The smallest absolute Gasteiger partial charge is 0.334 e. The number of para-hydroxylation sites is 1. The Hall–Kier alpha value is -2.14. The van der Waals surface area contributed by atoms with Gasteiger partial charge in [-0.25, -0.2) is 4.79 Å². The van der Waals surface area contributed by atoms with Crippen molar-refractivity contribution in [3.05, 3.63) is 36.0 Å². The molecule has 0 saturated heterocycles. The summed E-state index contributed by atoms with van der Waals surface area (Å²) in [6.07, 6.45) is -0.868. The zero-order chi connectivity index (χ0) is 13.8. The van der Waals surface area contributed by atoms with Gasteiger partial charge >= 0.3 is 5.97 Å². The first-order valence-corrected chi connectivity index (χ1v) is 5.97. The molecule has 0 aliphatic rings. The van der Waals surface area contributed by atoms with Gasteiger partial charge in [-0.2, -0.15) is 0 Å². The maximum atomic E-state index is 10.9. The summed E-state index contributed by atoms with van der Waals surface area (Å²) in [7, 11) is 1.39. The molecule has 1 aromatic heterocycles. The zero-order valence-electron chi connectivity index (χ0n) is 10.9. The van der Waals surface area contributed by atoms with Crippen molar-refractivity contribution in [2.75, 3.05) is 19.0 Å². The normalized spacial score (nSPS) is 12.3. The molecule has 1 unspecified atom stereocenters. The maximum Gasteiger partial charge on any atom is 0.334 e. The number of carboxylic acids is 1. The number of fused-ring (bicyclic) bond motifs is 1. The number of nitrogens with zero attached hydrogens (tertiary/aromatic N) is 1. The third-order valence-corrected chi connectivity index (χ3v) is 2.88. The van der Waals surface area contributed by atoms with Gasteiger partial charge in [-0.15, -0.1) is 0 Å². The van der Waals surface area contributed by atoms with Gasteiger partial charge in [0.25, 0.3) is 0 Å². The molecule has 19 heavy (non-hydrogen) atoms. The number of methoxy groups -OCH3 is 1. The Kier molecular flexibility index (Phi) is 3.97. The molecule has 2 rings (SSSR count). The van der Waals surface area contributed by atoms with Crippen LogP contribution in [-0.4, -0.2) is 35.8 Å². The van der Waals surface area contributed by atoms with Crippen molar-refractivity contribution in [3.63, 3.8) is 0 Å². The summed E-state index contributed by atoms with van der Waals surface area (Å²) in [6.45, 7) is 2.11. The third kappa shape index (κ3) is 3.00. The number of aliphatic carboxylic acids is 1. The molecule has 0 fully saturated rings. The predicted molar refractivity (Wildman–Crippen MR) is 73.4 cm³/mol. The van der Waals surface area contributed by atoms with Gasteiger partial charge in [-0.1, -0.05) is 18.2 Å². The van der Waals surface area contributed by atoms with Gasteiger partial charge in [0.2, 0.25) is 0 Å². The Morgan fingerprint density at radius 3 is 2.89 bits per heavy atom. The highest BCUT2D eigenvalue weighted by atomic mass is 16.5. The van der Waals surface area contributed by atoms with E-state index in [1.165, 1.54) is 7.11 Å². The van der Waals surface area contributed by atoms with Crippen LogP contribution in [0.4, 0.5) is 5.69 Å². The van der Waals surface area contributed by atoms with Gasteiger partial charge < -0.3 is 15.2 Å². The average molecular weight is 260 g/mol. The fourth-order valence-electron chi connectivity index (χ4n) is 1.93. The van der Waals surface area contributed by atoms with Crippen LogP contribution in [0.3, 0.4) is 0 Å². The highest BCUT2D eigenvalue weighted by Gasteiger charge is 2.16. The first-order valence-electron chi connectivity index (χ1n) is 5.97. The van der Waals surface area contributed by atoms with Crippen LogP contribution in [0.25, 0.3) is 10.9 Å². The number of carboxylic acid groups (broad SMARTS) is 1. The van der Waals surface area contributed by atoms with Gasteiger partial charge in [-0.05, 0) is 19.1 Å². The zero-order valence-corrected chi connectivity index (χ0v) is 10.9. The number of aryl methyl sites for hydroxylation is 1. The van der Waals surface area contributed by atoms with E-state index in [0.717, 1.165) is 22.3 Å². The number of ether oxygens (including phenoxy) is 1. The largest absolute Gasteiger partial charge is 0.479 e. The van der Waals surface area contributed by atoms with Gasteiger partial charge in [0.15, 0.2) is 6.10 Å². The number of hydrogen-bond acceptors (Lipinski definition) is 4. The van der Waals surface area contributed by atoms with Gasteiger partial charge in [0.05, 0.1) is 12.1 Å². The highest BCUT2D eigenvalue weighted by Crippen LogP contribution is 2.22. The van der Waals surface area contributed by atoms with Gasteiger partial charge in [0.1, 0.15) is 0 Å². The summed E-state index contributed by atoms with van der Waals surface area (Å²) in [6, 6.07) is 9.63. The van der Waals surface area contributed by atoms with Crippen molar-refractivity contribution in [1.82, 2.24) is 4.98 Å². The van der Waals surface area contributed by atoms with Crippen LogP contribution >= 0.6 is 0 Å². The van der Waals surface area contributed by atoms with Crippen molar-refractivity contribution in [3.8, 4) is 0 Å². The van der Waals surface area contributed by atoms with Gasteiger partial charge in [0, 0.05) is 23.9 Å². The van der Waals surface area contributed by atoms with E-state index in [-0.39, 0.29) is 6.54 Å². The monoisotopic (exact) mass is 260 g/mol. The Balaban J connectivity index is 2.27. The van der Waals surface area contributed by atoms with E-state index in [4.69, 9.17) is 9.84 Å². The summed E-state index contributed by atoms with van der Waals surface area (Å²) in [5.74, 6) is -0.981. The van der Waals surface area contributed by atoms with Crippen LogP contribution in [0.1, 0.15) is 5.69 Å². The quantitative estimate of drug-likeness (QED) is 0.861.